The van der Waals surface area contributed by atoms with E-state index in [9.17, 15) is 9.59 Å². The van der Waals surface area contributed by atoms with Gasteiger partial charge in [0, 0.05) is 0 Å². The highest BCUT2D eigenvalue weighted by atomic mass is 16.5. The molecule has 0 aromatic carbocycles. The molecule has 4 nitrogen and oxygen atoms in total. The molecule has 0 saturated heterocycles. The Morgan fingerprint density at radius 2 is 1.79 bits per heavy atom. The molecular formula is C10H16O4. The molecule has 0 aromatic rings. The predicted molar refractivity (Wildman–Crippen MR) is 49.8 cm³/mol. The molecular weight excluding hydrogens is 184 g/mol. The van der Waals surface area contributed by atoms with Gasteiger partial charge in [-0.25, -0.2) is 0 Å². The SMILES string of the molecule is CC(C)(C(=O)O)C(=O)OC1CCCC1. The third-order valence-corrected chi connectivity index (χ3v) is 2.62. The predicted octanol–water partition coefficient (Wildman–Crippen LogP) is 1.58. The van der Waals surface area contributed by atoms with Gasteiger partial charge in [-0.15, -0.1) is 0 Å². The number of hydrogen-bond donors (Lipinski definition) is 1. The number of rotatable bonds is 3. The first kappa shape index (κ1) is 11.0. The third kappa shape index (κ3) is 2.25. The van der Waals surface area contributed by atoms with E-state index < -0.39 is 17.4 Å². The smallest absolute Gasteiger partial charge is 0.323 e. The molecule has 0 aromatic heterocycles. The second-order valence-electron chi connectivity index (χ2n) is 4.24. The Bertz CT molecular complexity index is 239. The van der Waals surface area contributed by atoms with Crippen molar-refractivity contribution >= 4 is 11.9 Å². The molecule has 1 aliphatic rings. The highest BCUT2D eigenvalue weighted by molar-refractivity contribution is 5.98. The molecule has 0 unspecified atom stereocenters. The molecule has 0 amide bonds. The number of aliphatic carboxylic acids is 1. The number of carboxylic acid groups (broad SMARTS) is 1. The van der Waals surface area contributed by atoms with Crippen LogP contribution in [-0.2, 0) is 14.3 Å². The monoisotopic (exact) mass is 200 g/mol. The largest absolute Gasteiger partial charge is 0.480 e. The Labute approximate surface area is 83.2 Å². The topological polar surface area (TPSA) is 63.6 Å². The zero-order chi connectivity index (χ0) is 10.8. The van der Waals surface area contributed by atoms with Crippen molar-refractivity contribution in [3.8, 4) is 0 Å². The quantitative estimate of drug-likeness (QED) is 0.555. The van der Waals surface area contributed by atoms with E-state index >= 15 is 0 Å². The molecule has 1 rings (SSSR count). The van der Waals surface area contributed by atoms with Crippen LogP contribution in [0.15, 0.2) is 0 Å². The van der Waals surface area contributed by atoms with Crippen molar-refractivity contribution in [2.24, 2.45) is 5.41 Å². The molecule has 0 spiro atoms. The fraction of sp³-hybridized carbons (Fsp3) is 0.800. The van der Waals surface area contributed by atoms with E-state index in [4.69, 9.17) is 9.84 Å². The van der Waals surface area contributed by atoms with E-state index in [-0.39, 0.29) is 6.10 Å². The average molecular weight is 200 g/mol. The lowest BCUT2D eigenvalue weighted by Gasteiger charge is -2.20. The summed E-state index contributed by atoms with van der Waals surface area (Å²) < 4.78 is 5.12. The van der Waals surface area contributed by atoms with E-state index in [1.807, 2.05) is 0 Å². The number of esters is 1. The maximum atomic E-state index is 11.5. The van der Waals surface area contributed by atoms with Gasteiger partial charge in [-0.05, 0) is 39.5 Å². The second kappa shape index (κ2) is 3.98. The van der Waals surface area contributed by atoms with Crippen LogP contribution in [-0.4, -0.2) is 23.1 Å². The van der Waals surface area contributed by atoms with E-state index in [0.29, 0.717) is 0 Å². The molecule has 0 heterocycles. The summed E-state index contributed by atoms with van der Waals surface area (Å²) in [5, 5.41) is 8.78. The molecule has 1 N–H and O–H groups in total. The summed E-state index contributed by atoms with van der Waals surface area (Å²) in [6.45, 7) is 2.74. The van der Waals surface area contributed by atoms with Crippen molar-refractivity contribution in [2.45, 2.75) is 45.6 Å². The Kier molecular flexibility index (Phi) is 3.13. The van der Waals surface area contributed by atoms with Gasteiger partial charge in [0.15, 0.2) is 5.41 Å². The lowest BCUT2D eigenvalue weighted by molar-refractivity contribution is -0.169. The molecule has 14 heavy (non-hydrogen) atoms. The number of carbonyl (C=O) groups excluding carboxylic acids is 1. The third-order valence-electron chi connectivity index (χ3n) is 2.62. The van der Waals surface area contributed by atoms with Gasteiger partial charge in [0.05, 0.1) is 0 Å². The number of hydrogen-bond acceptors (Lipinski definition) is 3. The molecule has 0 atom stereocenters. The summed E-state index contributed by atoms with van der Waals surface area (Å²) >= 11 is 0. The molecule has 0 aliphatic heterocycles. The van der Waals surface area contributed by atoms with E-state index in [2.05, 4.69) is 0 Å². The molecule has 1 saturated carbocycles. The molecule has 80 valence electrons. The zero-order valence-corrected chi connectivity index (χ0v) is 8.58. The first-order valence-electron chi connectivity index (χ1n) is 4.89. The van der Waals surface area contributed by atoms with Crippen LogP contribution in [0.5, 0.6) is 0 Å². The van der Waals surface area contributed by atoms with Crippen molar-refractivity contribution in [1.82, 2.24) is 0 Å². The molecule has 1 fully saturated rings. The fourth-order valence-corrected chi connectivity index (χ4v) is 1.39. The zero-order valence-electron chi connectivity index (χ0n) is 8.58. The Morgan fingerprint density at radius 1 is 1.29 bits per heavy atom. The highest BCUT2D eigenvalue weighted by Gasteiger charge is 2.39. The van der Waals surface area contributed by atoms with Crippen LogP contribution >= 0.6 is 0 Å². The van der Waals surface area contributed by atoms with E-state index in [0.717, 1.165) is 25.7 Å². The lowest BCUT2D eigenvalue weighted by atomic mass is 9.94. The van der Waals surface area contributed by atoms with Gasteiger partial charge < -0.3 is 9.84 Å². The van der Waals surface area contributed by atoms with Gasteiger partial charge in [0.2, 0.25) is 0 Å². The minimum atomic E-state index is -1.43. The second-order valence-corrected chi connectivity index (χ2v) is 4.24. The summed E-state index contributed by atoms with van der Waals surface area (Å²) in [5.41, 5.74) is -1.43. The van der Waals surface area contributed by atoms with Gasteiger partial charge >= 0.3 is 11.9 Å². The van der Waals surface area contributed by atoms with E-state index in [1.165, 1.54) is 13.8 Å². The minimum absolute atomic E-state index is 0.0684. The lowest BCUT2D eigenvalue weighted by Crippen LogP contribution is -2.36. The van der Waals surface area contributed by atoms with Gasteiger partial charge in [-0.1, -0.05) is 0 Å². The fourth-order valence-electron chi connectivity index (χ4n) is 1.39. The van der Waals surface area contributed by atoms with Crippen LogP contribution in [0.1, 0.15) is 39.5 Å². The van der Waals surface area contributed by atoms with Crippen molar-refractivity contribution in [3.63, 3.8) is 0 Å². The molecule has 0 radical (unpaired) electrons. The van der Waals surface area contributed by atoms with Gasteiger partial charge in [0.25, 0.3) is 0 Å². The summed E-state index contributed by atoms with van der Waals surface area (Å²) in [7, 11) is 0. The number of carbonyl (C=O) groups is 2. The summed E-state index contributed by atoms with van der Waals surface area (Å²) in [6.07, 6.45) is 3.78. The Morgan fingerprint density at radius 3 is 2.21 bits per heavy atom. The van der Waals surface area contributed by atoms with Crippen LogP contribution in [0, 0.1) is 5.41 Å². The summed E-state index contributed by atoms with van der Waals surface area (Å²) in [5.74, 6) is -1.77. The Balaban J connectivity index is 2.52. The first-order chi connectivity index (χ1) is 6.44. The van der Waals surface area contributed by atoms with Crippen molar-refractivity contribution in [1.29, 1.82) is 0 Å². The number of ether oxygens (including phenoxy) is 1. The maximum Gasteiger partial charge on any atom is 0.323 e. The van der Waals surface area contributed by atoms with Crippen molar-refractivity contribution < 1.29 is 19.4 Å². The van der Waals surface area contributed by atoms with E-state index in [1.54, 1.807) is 0 Å². The van der Waals surface area contributed by atoms with Crippen LogP contribution < -0.4 is 0 Å². The van der Waals surface area contributed by atoms with Gasteiger partial charge in [0.1, 0.15) is 6.10 Å². The highest BCUT2D eigenvalue weighted by Crippen LogP contribution is 2.25. The van der Waals surface area contributed by atoms with Crippen molar-refractivity contribution in [3.05, 3.63) is 0 Å². The van der Waals surface area contributed by atoms with Crippen molar-refractivity contribution in [2.75, 3.05) is 0 Å². The molecule has 4 heteroatoms. The Hall–Kier alpha value is -1.06. The number of carboxylic acids is 1. The average Bonchev–Trinajstić information content (AvgIpc) is 2.56. The van der Waals surface area contributed by atoms with Crippen LogP contribution in [0.2, 0.25) is 0 Å². The van der Waals surface area contributed by atoms with Gasteiger partial charge in [-0.3, -0.25) is 9.59 Å². The molecule has 0 bridgehead atoms. The van der Waals surface area contributed by atoms with Crippen LogP contribution in [0.25, 0.3) is 0 Å². The summed E-state index contributed by atoms with van der Waals surface area (Å²) in [6, 6.07) is 0. The standard InChI is InChI=1S/C10H16O4/c1-10(2,8(11)12)9(13)14-7-5-3-4-6-7/h7H,3-6H2,1-2H3,(H,11,12). The minimum Gasteiger partial charge on any atom is -0.480 e. The van der Waals surface area contributed by atoms with Gasteiger partial charge in [-0.2, -0.15) is 0 Å². The molecule has 1 aliphatic carbocycles. The summed E-state index contributed by atoms with van der Waals surface area (Å²) in [4.78, 5) is 22.2. The van der Waals surface area contributed by atoms with Crippen LogP contribution in [0.4, 0.5) is 0 Å². The normalized spacial score (nSPS) is 18.1. The maximum absolute atomic E-state index is 11.5. The first-order valence-corrected chi connectivity index (χ1v) is 4.89. The van der Waals surface area contributed by atoms with Crippen LogP contribution in [0.3, 0.4) is 0 Å².